The molecule has 8 heteroatoms. The molecule has 2 aromatic carbocycles. The highest BCUT2D eigenvalue weighted by Gasteiger charge is 2.32. The Morgan fingerprint density at radius 2 is 1.78 bits per heavy atom. The summed E-state index contributed by atoms with van der Waals surface area (Å²) in [5.74, 6) is -0.286. The maximum absolute atomic E-state index is 12.9. The van der Waals surface area contributed by atoms with Crippen LogP contribution in [0.5, 0.6) is 0 Å². The Balaban J connectivity index is 1.67. The van der Waals surface area contributed by atoms with Gasteiger partial charge in [-0.2, -0.15) is 13.2 Å². The first-order valence-electron chi connectivity index (χ1n) is 8.39. The SMILES string of the molecule is CC(C)(CNC(=O)Cn1nnc2ccccc21)c1cccc(C(F)(F)F)c1. The van der Waals surface area contributed by atoms with E-state index in [1.165, 1.54) is 10.7 Å². The summed E-state index contributed by atoms with van der Waals surface area (Å²) >= 11 is 0. The van der Waals surface area contributed by atoms with Crippen LogP contribution in [0, 0.1) is 0 Å². The number of carbonyl (C=O) groups excluding carboxylic acids is 1. The lowest BCUT2D eigenvalue weighted by Crippen LogP contribution is -2.38. The van der Waals surface area contributed by atoms with Crippen molar-refractivity contribution in [3.05, 3.63) is 59.7 Å². The molecular formula is C19H19F3N4O. The van der Waals surface area contributed by atoms with Gasteiger partial charge in [0, 0.05) is 12.0 Å². The minimum absolute atomic E-state index is 0.0147. The van der Waals surface area contributed by atoms with E-state index in [0.29, 0.717) is 11.1 Å². The molecule has 0 saturated carbocycles. The van der Waals surface area contributed by atoms with Gasteiger partial charge < -0.3 is 5.32 Å². The number of para-hydroxylation sites is 1. The minimum Gasteiger partial charge on any atom is -0.354 e. The second-order valence-electron chi connectivity index (χ2n) is 6.97. The largest absolute Gasteiger partial charge is 0.416 e. The number of fused-ring (bicyclic) bond motifs is 1. The molecule has 1 amide bonds. The summed E-state index contributed by atoms with van der Waals surface area (Å²) in [6.07, 6.45) is -4.40. The van der Waals surface area contributed by atoms with Crippen LogP contribution >= 0.6 is 0 Å². The Bertz CT molecular complexity index is 963. The molecule has 5 nitrogen and oxygen atoms in total. The van der Waals surface area contributed by atoms with Crippen LogP contribution in [-0.2, 0) is 22.9 Å². The molecular weight excluding hydrogens is 357 g/mol. The van der Waals surface area contributed by atoms with Gasteiger partial charge in [-0.25, -0.2) is 4.68 Å². The lowest BCUT2D eigenvalue weighted by atomic mass is 9.83. The molecule has 0 fully saturated rings. The molecule has 1 aromatic heterocycles. The molecule has 0 aliphatic heterocycles. The van der Waals surface area contributed by atoms with Crippen molar-refractivity contribution in [2.75, 3.05) is 6.54 Å². The van der Waals surface area contributed by atoms with Crippen molar-refractivity contribution < 1.29 is 18.0 Å². The van der Waals surface area contributed by atoms with Gasteiger partial charge in [0.05, 0.1) is 11.1 Å². The summed E-state index contributed by atoms with van der Waals surface area (Å²) < 4.78 is 40.3. The lowest BCUT2D eigenvalue weighted by Gasteiger charge is -2.26. The Morgan fingerprint density at radius 3 is 2.52 bits per heavy atom. The zero-order chi connectivity index (χ0) is 19.7. The predicted octanol–water partition coefficient (Wildman–Crippen LogP) is 3.54. The van der Waals surface area contributed by atoms with Crippen LogP contribution in [0.15, 0.2) is 48.5 Å². The number of rotatable bonds is 5. The normalized spacial score (nSPS) is 12.3. The fourth-order valence-corrected chi connectivity index (χ4v) is 2.76. The zero-order valence-electron chi connectivity index (χ0n) is 14.9. The van der Waals surface area contributed by atoms with Crippen molar-refractivity contribution in [1.29, 1.82) is 0 Å². The number of hydrogen-bond donors (Lipinski definition) is 1. The number of nitrogens with one attached hydrogen (secondary N) is 1. The summed E-state index contributed by atoms with van der Waals surface area (Å²) in [7, 11) is 0. The Labute approximate surface area is 154 Å². The van der Waals surface area contributed by atoms with Gasteiger partial charge >= 0.3 is 6.18 Å². The summed E-state index contributed by atoms with van der Waals surface area (Å²) in [4.78, 5) is 12.3. The average Bonchev–Trinajstić information content (AvgIpc) is 3.03. The number of benzene rings is 2. The number of halogens is 3. The maximum Gasteiger partial charge on any atom is 0.416 e. The fraction of sp³-hybridized carbons (Fsp3) is 0.316. The third kappa shape index (κ3) is 4.27. The Morgan fingerprint density at radius 1 is 1.07 bits per heavy atom. The van der Waals surface area contributed by atoms with Crippen molar-refractivity contribution in [3.8, 4) is 0 Å². The minimum atomic E-state index is -4.40. The number of nitrogens with zero attached hydrogens (tertiary/aromatic N) is 3. The molecule has 1 heterocycles. The number of hydrogen-bond acceptors (Lipinski definition) is 3. The number of amides is 1. The number of alkyl halides is 3. The van der Waals surface area contributed by atoms with E-state index in [0.717, 1.165) is 17.6 Å². The van der Waals surface area contributed by atoms with Gasteiger partial charge in [-0.15, -0.1) is 5.10 Å². The molecule has 27 heavy (non-hydrogen) atoms. The molecule has 0 radical (unpaired) electrons. The molecule has 3 aromatic rings. The molecule has 0 bridgehead atoms. The van der Waals surface area contributed by atoms with E-state index < -0.39 is 17.2 Å². The van der Waals surface area contributed by atoms with E-state index >= 15 is 0 Å². The van der Waals surface area contributed by atoms with Crippen molar-refractivity contribution in [1.82, 2.24) is 20.3 Å². The summed E-state index contributed by atoms with van der Waals surface area (Å²) in [6.45, 7) is 3.75. The standard InChI is InChI=1S/C19H19F3N4O/c1-18(2,13-6-5-7-14(10-13)19(20,21)22)12-23-17(27)11-26-16-9-4-3-8-15(16)24-25-26/h3-10H,11-12H2,1-2H3,(H,23,27). The molecule has 1 N–H and O–H groups in total. The van der Waals surface area contributed by atoms with Gasteiger partial charge in [-0.05, 0) is 23.8 Å². The topological polar surface area (TPSA) is 59.8 Å². The summed E-state index contributed by atoms with van der Waals surface area (Å²) in [5, 5.41) is 10.7. The second kappa shape index (κ2) is 7.02. The van der Waals surface area contributed by atoms with Crippen LogP contribution in [0.25, 0.3) is 11.0 Å². The average molecular weight is 376 g/mol. The van der Waals surface area contributed by atoms with Crippen molar-refractivity contribution in [2.24, 2.45) is 0 Å². The third-order valence-electron chi connectivity index (χ3n) is 4.41. The molecule has 0 aliphatic carbocycles. The molecule has 0 spiro atoms. The third-order valence-corrected chi connectivity index (χ3v) is 4.41. The smallest absolute Gasteiger partial charge is 0.354 e. The summed E-state index contributed by atoms with van der Waals surface area (Å²) in [6, 6.07) is 12.4. The fourth-order valence-electron chi connectivity index (χ4n) is 2.76. The van der Waals surface area contributed by atoms with Crippen LogP contribution in [0.4, 0.5) is 13.2 Å². The molecule has 3 rings (SSSR count). The van der Waals surface area contributed by atoms with E-state index in [1.807, 2.05) is 18.2 Å². The van der Waals surface area contributed by atoms with Gasteiger partial charge in [0.1, 0.15) is 12.1 Å². The van der Waals surface area contributed by atoms with E-state index in [2.05, 4.69) is 15.6 Å². The maximum atomic E-state index is 12.9. The van der Waals surface area contributed by atoms with Gasteiger partial charge in [-0.1, -0.05) is 49.4 Å². The van der Waals surface area contributed by atoms with Crippen molar-refractivity contribution >= 4 is 16.9 Å². The van der Waals surface area contributed by atoms with E-state index in [4.69, 9.17) is 0 Å². The van der Waals surface area contributed by atoms with Crippen LogP contribution in [-0.4, -0.2) is 27.4 Å². The number of carbonyl (C=O) groups is 1. The quantitative estimate of drug-likeness (QED) is 0.741. The van der Waals surface area contributed by atoms with E-state index in [1.54, 1.807) is 26.0 Å². The molecule has 0 aliphatic rings. The highest BCUT2D eigenvalue weighted by Crippen LogP contribution is 2.32. The molecule has 0 unspecified atom stereocenters. The van der Waals surface area contributed by atoms with Crippen LogP contribution in [0.3, 0.4) is 0 Å². The predicted molar refractivity (Wildman–Crippen MR) is 95.0 cm³/mol. The molecule has 142 valence electrons. The molecule has 0 saturated heterocycles. The van der Waals surface area contributed by atoms with Gasteiger partial charge in [0.25, 0.3) is 0 Å². The second-order valence-corrected chi connectivity index (χ2v) is 6.97. The van der Waals surface area contributed by atoms with Crippen LogP contribution < -0.4 is 5.32 Å². The highest BCUT2D eigenvalue weighted by atomic mass is 19.4. The monoisotopic (exact) mass is 376 g/mol. The Hall–Kier alpha value is -2.90. The number of aromatic nitrogens is 3. The van der Waals surface area contributed by atoms with Crippen LogP contribution in [0.1, 0.15) is 25.0 Å². The van der Waals surface area contributed by atoms with E-state index in [-0.39, 0.29) is 19.0 Å². The van der Waals surface area contributed by atoms with E-state index in [9.17, 15) is 18.0 Å². The first-order valence-corrected chi connectivity index (χ1v) is 8.39. The van der Waals surface area contributed by atoms with Crippen molar-refractivity contribution in [3.63, 3.8) is 0 Å². The lowest BCUT2D eigenvalue weighted by molar-refractivity contribution is -0.137. The first-order chi connectivity index (χ1) is 12.7. The van der Waals surface area contributed by atoms with Gasteiger partial charge in [0.2, 0.25) is 5.91 Å². The van der Waals surface area contributed by atoms with Crippen LogP contribution in [0.2, 0.25) is 0 Å². The summed E-state index contributed by atoms with van der Waals surface area (Å²) in [5.41, 5.74) is 0.568. The first kappa shape index (κ1) is 18.9. The van der Waals surface area contributed by atoms with Gasteiger partial charge in [-0.3, -0.25) is 4.79 Å². The van der Waals surface area contributed by atoms with Crippen molar-refractivity contribution in [2.45, 2.75) is 32.0 Å². The highest BCUT2D eigenvalue weighted by molar-refractivity contribution is 5.79. The van der Waals surface area contributed by atoms with Gasteiger partial charge in [0.15, 0.2) is 0 Å². The Kier molecular flexibility index (Phi) is 4.91. The molecule has 0 atom stereocenters. The zero-order valence-corrected chi connectivity index (χ0v) is 14.9.